The third-order valence-corrected chi connectivity index (χ3v) is 9.49. The highest BCUT2D eigenvalue weighted by molar-refractivity contribution is 7.99. The normalized spacial score (nSPS) is 14.4. The van der Waals surface area contributed by atoms with Crippen molar-refractivity contribution in [1.29, 1.82) is 0 Å². The number of amides is 1. The van der Waals surface area contributed by atoms with Crippen LogP contribution in [0.15, 0.2) is 81.6 Å². The number of carbonyl (C=O) groups is 1. The lowest BCUT2D eigenvalue weighted by Crippen LogP contribution is -2.40. The maximum atomic E-state index is 13.5. The maximum Gasteiger partial charge on any atom is 0.266 e. The van der Waals surface area contributed by atoms with Gasteiger partial charge >= 0.3 is 0 Å². The van der Waals surface area contributed by atoms with E-state index in [0.717, 1.165) is 28.6 Å². The van der Waals surface area contributed by atoms with E-state index in [0.29, 0.717) is 48.1 Å². The van der Waals surface area contributed by atoms with Gasteiger partial charge in [0, 0.05) is 18.8 Å². The third-order valence-electron chi connectivity index (χ3n) is 6.64. The highest BCUT2D eigenvalue weighted by atomic mass is 32.2. The van der Waals surface area contributed by atoms with E-state index in [2.05, 4.69) is 5.32 Å². The summed E-state index contributed by atoms with van der Waals surface area (Å²) in [6, 6.07) is 19.0. The fourth-order valence-electron chi connectivity index (χ4n) is 4.37. The van der Waals surface area contributed by atoms with Gasteiger partial charge in [-0.05, 0) is 67.4 Å². The van der Waals surface area contributed by atoms with Gasteiger partial charge < -0.3 is 10.1 Å². The minimum atomic E-state index is -3.62. The SMILES string of the molecule is Cc1cccc(-n2c(SCC(=O)Nc3ccc(S(=O)(=O)N4CCOCC4)cc3)nc3ccccc3c2=O)c1C. The molecular formula is C28H28N4O5S2. The van der Waals surface area contributed by atoms with Crippen molar-refractivity contribution in [3.05, 3.63) is 88.2 Å². The maximum absolute atomic E-state index is 13.5. The molecule has 2 heterocycles. The van der Waals surface area contributed by atoms with Crippen LogP contribution in [-0.2, 0) is 19.6 Å². The number of hydrogen-bond acceptors (Lipinski definition) is 7. The molecule has 0 atom stereocenters. The quantitative estimate of drug-likeness (QED) is 0.269. The van der Waals surface area contributed by atoms with Crippen molar-refractivity contribution in [3.8, 4) is 5.69 Å². The van der Waals surface area contributed by atoms with Crippen molar-refractivity contribution in [1.82, 2.24) is 13.9 Å². The molecule has 39 heavy (non-hydrogen) atoms. The molecule has 9 nitrogen and oxygen atoms in total. The van der Waals surface area contributed by atoms with E-state index in [9.17, 15) is 18.0 Å². The predicted molar refractivity (Wildman–Crippen MR) is 152 cm³/mol. The van der Waals surface area contributed by atoms with Crippen LogP contribution in [0.5, 0.6) is 0 Å². The molecule has 202 valence electrons. The van der Waals surface area contributed by atoms with Gasteiger partial charge in [-0.15, -0.1) is 0 Å². The first-order valence-corrected chi connectivity index (χ1v) is 14.9. The third kappa shape index (κ3) is 5.62. The summed E-state index contributed by atoms with van der Waals surface area (Å²) in [6.45, 7) is 5.30. The lowest BCUT2D eigenvalue weighted by Gasteiger charge is -2.26. The summed E-state index contributed by atoms with van der Waals surface area (Å²) in [7, 11) is -3.62. The van der Waals surface area contributed by atoms with Crippen molar-refractivity contribution in [2.75, 3.05) is 37.4 Å². The largest absolute Gasteiger partial charge is 0.379 e. The predicted octanol–water partition coefficient (Wildman–Crippen LogP) is 3.75. The second-order valence-corrected chi connectivity index (χ2v) is 12.0. The van der Waals surface area contributed by atoms with Crippen LogP contribution < -0.4 is 10.9 Å². The number of thioether (sulfide) groups is 1. The van der Waals surface area contributed by atoms with Crippen LogP contribution >= 0.6 is 11.8 Å². The average molecular weight is 565 g/mol. The number of rotatable bonds is 7. The van der Waals surface area contributed by atoms with Gasteiger partial charge in [0.25, 0.3) is 5.56 Å². The highest BCUT2D eigenvalue weighted by Gasteiger charge is 2.26. The minimum Gasteiger partial charge on any atom is -0.379 e. The molecule has 1 aliphatic heterocycles. The fraction of sp³-hybridized carbons (Fsp3) is 0.250. The Morgan fingerprint density at radius 3 is 2.46 bits per heavy atom. The molecule has 1 aromatic heterocycles. The lowest BCUT2D eigenvalue weighted by atomic mass is 10.1. The Bertz CT molecular complexity index is 1700. The van der Waals surface area contributed by atoms with Crippen molar-refractivity contribution in [2.45, 2.75) is 23.9 Å². The number of para-hydroxylation sites is 1. The van der Waals surface area contributed by atoms with E-state index < -0.39 is 10.0 Å². The van der Waals surface area contributed by atoms with Crippen LogP contribution in [-0.4, -0.2) is 60.2 Å². The summed E-state index contributed by atoms with van der Waals surface area (Å²) in [5.74, 6) is -0.303. The van der Waals surface area contributed by atoms with Gasteiger partial charge in [-0.3, -0.25) is 14.2 Å². The van der Waals surface area contributed by atoms with Gasteiger partial charge in [0.1, 0.15) is 0 Å². The molecule has 1 amide bonds. The van der Waals surface area contributed by atoms with E-state index in [1.165, 1.54) is 16.4 Å². The summed E-state index contributed by atoms with van der Waals surface area (Å²) >= 11 is 1.16. The monoisotopic (exact) mass is 564 g/mol. The minimum absolute atomic E-state index is 0.00344. The molecule has 3 aromatic carbocycles. The first-order chi connectivity index (χ1) is 18.8. The number of hydrogen-bond donors (Lipinski definition) is 1. The van der Waals surface area contributed by atoms with Crippen LogP contribution in [0.2, 0.25) is 0 Å². The molecule has 1 saturated heterocycles. The van der Waals surface area contributed by atoms with E-state index in [1.54, 1.807) is 34.9 Å². The zero-order valence-corrected chi connectivity index (χ0v) is 23.2. The smallest absolute Gasteiger partial charge is 0.266 e. The second-order valence-electron chi connectivity index (χ2n) is 9.15. The van der Waals surface area contributed by atoms with Gasteiger partial charge in [0.15, 0.2) is 5.16 Å². The number of benzene rings is 3. The number of nitrogens with one attached hydrogen (secondary N) is 1. The van der Waals surface area contributed by atoms with Gasteiger partial charge in [0.05, 0.1) is 40.5 Å². The zero-order chi connectivity index (χ0) is 27.6. The number of fused-ring (bicyclic) bond motifs is 1. The van der Waals surface area contributed by atoms with E-state index in [4.69, 9.17) is 9.72 Å². The lowest BCUT2D eigenvalue weighted by molar-refractivity contribution is -0.113. The number of nitrogens with zero attached hydrogens (tertiary/aromatic N) is 3. The molecule has 0 saturated carbocycles. The van der Waals surface area contributed by atoms with Crippen molar-refractivity contribution in [2.24, 2.45) is 0 Å². The fourth-order valence-corrected chi connectivity index (χ4v) is 6.59. The molecule has 0 spiro atoms. The molecule has 5 rings (SSSR count). The van der Waals surface area contributed by atoms with E-state index in [1.807, 2.05) is 38.1 Å². The summed E-state index contributed by atoms with van der Waals surface area (Å²) in [4.78, 5) is 31.2. The average Bonchev–Trinajstić information content (AvgIpc) is 2.95. The van der Waals surface area contributed by atoms with Crippen molar-refractivity contribution in [3.63, 3.8) is 0 Å². The first kappa shape index (κ1) is 27.1. The van der Waals surface area contributed by atoms with Gasteiger partial charge in [-0.25, -0.2) is 13.4 Å². The summed E-state index contributed by atoms with van der Waals surface area (Å²) in [6.07, 6.45) is 0. The van der Waals surface area contributed by atoms with Gasteiger partial charge in [-0.1, -0.05) is 36.0 Å². The summed E-state index contributed by atoms with van der Waals surface area (Å²) in [5, 5.41) is 3.71. The zero-order valence-electron chi connectivity index (χ0n) is 21.6. The number of sulfonamides is 1. The van der Waals surface area contributed by atoms with Gasteiger partial charge in [-0.2, -0.15) is 4.31 Å². The van der Waals surface area contributed by atoms with Gasteiger partial charge in [0.2, 0.25) is 15.9 Å². The molecule has 0 aliphatic carbocycles. The molecular weight excluding hydrogens is 536 g/mol. The Hall–Kier alpha value is -3.51. The first-order valence-electron chi connectivity index (χ1n) is 12.4. The van der Waals surface area contributed by atoms with Crippen LogP contribution in [0.25, 0.3) is 16.6 Å². The topological polar surface area (TPSA) is 111 Å². The number of carbonyl (C=O) groups excluding carboxylic acids is 1. The molecule has 1 aliphatic rings. The van der Waals surface area contributed by atoms with Crippen molar-refractivity contribution < 1.29 is 17.9 Å². The molecule has 1 fully saturated rings. The molecule has 0 bridgehead atoms. The molecule has 0 radical (unpaired) electrons. The number of aromatic nitrogens is 2. The number of morpholine rings is 1. The van der Waals surface area contributed by atoms with E-state index >= 15 is 0 Å². The molecule has 0 unspecified atom stereocenters. The standard InChI is InChI=1S/C28H28N4O5S2/c1-19-6-5-9-25(20(19)2)32-27(34)23-7-3-4-8-24(23)30-28(32)38-18-26(33)29-21-10-12-22(13-11-21)39(35,36)31-14-16-37-17-15-31/h3-13H,14-18H2,1-2H3,(H,29,33). The van der Waals surface area contributed by atoms with Crippen LogP contribution in [0.4, 0.5) is 5.69 Å². The number of ether oxygens (including phenoxy) is 1. The Kier molecular flexibility index (Phi) is 7.85. The van der Waals surface area contributed by atoms with Crippen molar-refractivity contribution >= 4 is 44.3 Å². The Balaban J connectivity index is 1.35. The number of aryl methyl sites for hydroxylation is 1. The highest BCUT2D eigenvalue weighted by Crippen LogP contribution is 2.25. The van der Waals surface area contributed by atoms with Crippen LogP contribution in [0.3, 0.4) is 0 Å². The Morgan fingerprint density at radius 2 is 1.72 bits per heavy atom. The second kappa shape index (κ2) is 11.3. The summed E-state index contributed by atoms with van der Waals surface area (Å²) < 4.78 is 33.9. The summed E-state index contributed by atoms with van der Waals surface area (Å²) in [5.41, 5.74) is 3.55. The molecule has 4 aromatic rings. The molecule has 11 heteroatoms. The number of anilines is 1. The molecule has 1 N–H and O–H groups in total. The van der Waals surface area contributed by atoms with Crippen LogP contribution in [0.1, 0.15) is 11.1 Å². The van der Waals surface area contributed by atoms with Crippen LogP contribution in [0, 0.1) is 13.8 Å². The van der Waals surface area contributed by atoms with E-state index in [-0.39, 0.29) is 22.1 Å². The Morgan fingerprint density at radius 1 is 1.00 bits per heavy atom. The Labute approximate surface area is 230 Å².